The van der Waals surface area contributed by atoms with Crippen molar-refractivity contribution in [2.24, 2.45) is 0 Å². The first-order chi connectivity index (χ1) is 16.3. The van der Waals surface area contributed by atoms with Crippen LogP contribution in [0.2, 0.25) is 5.02 Å². The van der Waals surface area contributed by atoms with Gasteiger partial charge in [-0.05, 0) is 48.9 Å². The Morgan fingerprint density at radius 1 is 1.03 bits per heavy atom. The first kappa shape index (κ1) is 21.9. The second-order valence-electron chi connectivity index (χ2n) is 8.09. The Balaban J connectivity index is 1.82. The van der Waals surface area contributed by atoms with Gasteiger partial charge in [0.05, 0.1) is 11.9 Å². The zero-order valence-corrected chi connectivity index (χ0v) is 18.9. The van der Waals surface area contributed by atoms with Crippen molar-refractivity contribution in [2.45, 2.75) is 20.0 Å². The Hall–Kier alpha value is -3.97. The van der Waals surface area contributed by atoms with Crippen LogP contribution in [0.1, 0.15) is 11.3 Å². The lowest BCUT2D eigenvalue weighted by Gasteiger charge is -2.12. The summed E-state index contributed by atoms with van der Waals surface area (Å²) in [5, 5.41) is 16.4. The predicted octanol–water partition coefficient (Wildman–Crippen LogP) is 5.25. The monoisotopic (exact) mass is 475 g/mol. The lowest BCUT2D eigenvalue weighted by atomic mass is 10.0. The molecular weight excluding hydrogens is 457 g/mol. The van der Waals surface area contributed by atoms with Gasteiger partial charge in [0.1, 0.15) is 18.1 Å². The van der Waals surface area contributed by atoms with E-state index in [0.717, 1.165) is 5.56 Å². The Kier molecular flexibility index (Phi) is 5.42. The fourth-order valence-corrected chi connectivity index (χ4v) is 4.51. The molecule has 170 valence electrons. The summed E-state index contributed by atoms with van der Waals surface area (Å²) < 4.78 is 17.3. The Bertz CT molecular complexity index is 1640. The van der Waals surface area contributed by atoms with Gasteiger partial charge in [0.2, 0.25) is 0 Å². The first-order valence-electron chi connectivity index (χ1n) is 10.6. The second-order valence-corrected chi connectivity index (χ2v) is 8.52. The zero-order chi connectivity index (χ0) is 24.0. The predicted molar refractivity (Wildman–Crippen MR) is 130 cm³/mol. The summed E-state index contributed by atoms with van der Waals surface area (Å²) in [5.74, 6) is -1.46. The molecule has 0 radical (unpaired) electrons. The van der Waals surface area contributed by atoms with Crippen LogP contribution in [0, 0.1) is 12.7 Å². The highest BCUT2D eigenvalue weighted by atomic mass is 35.5. The largest absolute Gasteiger partial charge is 0.480 e. The maximum Gasteiger partial charge on any atom is 0.323 e. The van der Waals surface area contributed by atoms with Crippen molar-refractivity contribution in [1.82, 2.24) is 14.3 Å². The van der Waals surface area contributed by atoms with Gasteiger partial charge < -0.3 is 9.67 Å². The zero-order valence-electron chi connectivity index (χ0n) is 18.1. The van der Waals surface area contributed by atoms with E-state index in [1.807, 2.05) is 18.2 Å². The molecule has 5 aromatic rings. The van der Waals surface area contributed by atoms with Crippen molar-refractivity contribution in [3.8, 4) is 11.3 Å². The van der Waals surface area contributed by atoms with Gasteiger partial charge in [0.25, 0.3) is 5.56 Å². The van der Waals surface area contributed by atoms with Crippen LogP contribution in [0.15, 0.2) is 71.5 Å². The standard InChI is InChI=1S/C26H19ClFN3O3/c1-15-24(21-12-18(28)10-11-22(21)30(15)14-23(32)33)25-19-4-2-3-5-20(19)26(34)31(29-25)13-16-6-8-17(27)9-7-16/h2-12H,13-14H2,1H3,(H,32,33). The van der Waals surface area contributed by atoms with Crippen molar-refractivity contribution in [2.75, 3.05) is 0 Å². The van der Waals surface area contributed by atoms with Crippen LogP contribution < -0.4 is 5.56 Å². The van der Waals surface area contributed by atoms with Crippen LogP contribution in [0.25, 0.3) is 32.9 Å². The number of hydrogen-bond acceptors (Lipinski definition) is 3. The van der Waals surface area contributed by atoms with E-state index in [1.165, 1.54) is 16.8 Å². The highest BCUT2D eigenvalue weighted by Gasteiger charge is 2.22. The summed E-state index contributed by atoms with van der Waals surface area (Å²) in [6.07, 6.45) is 0. The van der Waals surface area contributed by atoms with E-state index in [2.05, 4.69) is 0 Å². The number of benzene rings is 3. The number of carboxylic acids is 1. The molecule has 5 rings (SSSR count). The number of aliphatic carboxylic acids is 1. The fourth-order valence-electron chi connectivity index (χ4n) is 4.38. The summed E-state index contributed by atoms with van der Waals surface area (Å²) in [5.41, 5.74) is 2.87. The molecule has 0 aliphatic heterocycles. The molecule has 0 spiro atoms. The number of carbonyl (C=O) groups is 1. The fraction of sp³-hybridized carbons (Fsp3) is 0.115. The molecule has 0 atom stereocenters. The quantitative estimate of drug-likeness (QED) is 0.376. The van der Waals surface area contributed by atoms with E-state index in [-0.39, 0.29) is 18.6 Å². The van der Waals surface area contributed by atoms with Gasteiger partial charge in [-0.1, -0.05) is 41.9 Å². The molecule has 3 aromatic carbocycles. The lowest BCUT2D eigenvalue weighted by Crippen LogP contribution is -2.24. The highest BCUT2D eigenvalue weighted by molar-refractivity contribution is 6.30. The molecule has 2 heterocycles. The minimum atomic E-state index is -1.01. The summed E-state index contributed by atoms with van der Waals surface area (Å²) >= 11 is 5.99. The third kappa shape index (κ3) is 3.74. The highest BCUT2D eigenvalue weighted by Crippen LogP contribution is 2.37. The van der Waals surface area contributed by atoms with E-state index in [9.17, 15) is 19.1 Å². The molecular formula is C26H19ClFN3O3. The van der Waals surface area contributed by atoms with Crippen LogP contribution in [0.5, 0.6) is 0 Å². The molecule has 0 saturated carbocycles. The number of hydrogen-bond donors (Lipinski definition) is 1. The van der Waals surface area contributed by atoms with Crippen molar-refractivity contribution >= 4 is 39.2 Å². The third-order valence-corrected chi connectivity index (χ3v) is 6.18. The molecule has 0 bridgehead atoms. The molecule has 2 aromatic heterocycles. The van der Waals surface area contributed by atoms with Crippen molar-refractivity contribution < 1.29 is 14.3 Å². The third-order valence-electron chi connectivity index (χ3n) is 5.93. The maximum atomic E-state index is 14.3. The molecule has 34 heavy (non-hydrogen) atoms. The van der Waals surface area contributed by atoms with Gasteiger partial charge in [0.15, 0.2) is 0 Å². The SMILES string of the molecule is Cc1c(-c2nn(Cc3ccc(Cl)cc3)c(=O)c3ccccc23)c2cc(F)ccc2n1CC(=O)O. The molecule has 0 amide bonds. The van der Waals surface area contributed by atoms with Crippen molar-refractivity contribution in [3.63, 3.8) is 0 Å². The van der Waals surface area contributed by atoms with Crippen LogP contribution in [-0.4, -0.2) is 25.4 Å². The van der Waals surface area contributed by atoms with Gasteiger partial charge in [-0.25, -0.2) is 9.07 Å². The summed E-state index contributed by atoms with van der Waals surface area (Å²) in [6.45, 7) is 1.71. The topological polar surface area (TPSA) is 77.1 Å². The van der Waals surface area contributed by atoms with Gasteiger partial charge in [-0.15, -0.1) is 0 Å². The number of aromatic nitrogens is 3. The number of fused-ring (bicyclic) bond motifs is 2. The van der Waals surface area contributed by atoms with Gasteiger partial charge in [-0.3, -0.25) is 9.59 Å². The van der Waals surface area contributed by atoms with Crippen molar-refractivity contribution in [1.29, 1.82) is 0 Å². The average Bonchev–Trinajstić information content (AvgIpc) is 3.07. The van der Waals surface area contributed by atoms with Gasteiger partial charge >= 0.3 is 5.97 Å². The molecule has 0 aliphatic rings. The number of carboxylic acid groups (broad SMARTS) is 1. The molecule has 8 heteroatoms. The Labute approximate surface area is 198 Å². The molecule has 0 aliphatic carbocycles. The van der Waals surface area contributed by atoms with Crippen LogP contribution in [0.4, 0.5) is 4.39 Å². The molecule has 6 nitrogen and oxygen atoms in total. The van der Waals surface area contributed by atoms with Crippen LogP contribution in [0.3, 0.4) is 0 Å². The first-order valence-corrected chi connectivity index (χ1v) is 11.0. The average molecular weight is 476 g/mol. The second kappa shape index (κ2) is 8.43. The minimum Gasteiger partial charge on any atom is -0.480 e. The summed E-state index contributed by atoms with van der Waals surface area (Å²) in [7, 11) is 0. The van der Waals surface area contributed by atoms with Gasteiger partial charge in [-0.2, -0.15) is 5.10 Å². The van der Waals surface area contributed by atoms with Crippen molar-refractivity contribution in [3.05, 3.63) is 99.2 Å². The van der Waals surface area contributed by atoms with E-state index < -0.39 is 11.8 Å². The van der Waals surface area contributed by atoms with Crippen LogP contribution in [-0.2, 0) is 17.9 Å². The van der Waals surface area contributed by atoms with E-state index >= 15 is 0 Å². The summed E-state index contributed by atoms with van der Waals surface area (Å²) in [6, 6.07) is 18.5. The van der Waals surface area contributed by atoms with E-state index in [4.69, 9.17) is 16.7 Å². The Morgan fingerprint density at radius 2 is 1.74 bits per heavy atom. The molecule has 0 unspecified atom stereocenters. The lowest BCUT2D eigenvalue weighted by molar-refractivity contribution is -0.137. The van der Waals surface area contributed by atoms with Gasteiger partial charge in [0, 0.05) is 32.6 Å². The number of halogens is 2. The smallest absolute Gasteiger partial charge is 0.323 e. The van der Waals surface area contributed by atoms with E-state index in [0.29, 0.717) is 43.6 Å². The molecule has 0 saturated heterocycles. The number of nitrogens with zero attached hydrogens (tertiary/aromatic N) is 3. The minimum absolute atomic E-state index is 0.217. The maximum absolute atomic E-state index is 14.3. The summed E-state index contributed by atoms with van der Waals surface area (Å²) in [4.78, 5) is 24.8. The Morgan fingerprint density at radius 3 is 2.44 bits per heavy atom. The molecule has 1 N–H and O–H groups in total. The van der Waals surface area contributed by atoms with Crippen LogP contribution >= 0.6 is 11.6 Å². The van der Waals surface area contributed by atoms with E-state index in [1.54, 1.807) is 47.9 Å². The molecule has 0 fully saturated rings. The number of rotatable bonds is 5. The normalized spacial score (nSPS) is 11.4.